The molecule has 0 aliphatic rings. The van der Waals surface area contributed by atoms with Crippen LogP contribution in [0.5, 0.6) is 0 Å². The Balaban J connectivity index is 3.27. The van der Waals surface area contributed by atoms with E-state index >= 15 is 0 Å². The van der Waals surface area contributed by atoms with Gasteiger partial charge < -0.3 is 5.11 Å². The van der Waals surface area contributed by atoms with Gasteiger partial charge in [0.1, 0.15) is 9.77 Å². The molecule has 0 saturated carbocycles. The van der Waals surface area contributed by atoms with Crippen molar-refractivity contribution in [3.63, 3.8) is 0 Å². The fourth-order valence-electron chi connectivity index (χ4n) is 1.54. The summed E-state index contributed by atoms with van der Waals surface area (Å²) in [5.41, 5.74) is -0.222. The van der Waals surface area contributed by atoms with E-state index < -0.39 is 16.0 Å². The summed E-state index contributed by atoms with van der Waals surface area (Å²) in [6, 6.07) is 0.964. The van der Waals surface area contributed by atoms with E-state index in [0.717, 1.165) is 11.3 Å². The van der Waals surface area contributed by atoms with Crippen molar-refractivity contribution < 1.29 is 18.3 Å². The molecule has 0 amide bonds. The predicted molar refractivity (Wildman–Crippen MR) is 82.8 cm³/mol. The first-order chi connectivity index (χ1) is 8.89. The average molecular weight is 384 g/mol. The van der Waals surface area contributed by atoms with E-state index in [9.17, 15) is 13.2 Å². The van der Waals surface area contributed by atoms with Crippen molar-refractivity contribution in [3.8, 4) is 0 Å². The summed E-state index contributed by atoms with van der Waals surface area (Å²) in [5.74, 6) is -1.14. The highest BCUT2D eigenvalue weighted by Gasteiger charge is 2.34. The second-order valence-electron chi connectivity index (χ2n) is 5.62. The Kier molecular flexibility index (Phi) is 5.06. The zero-order valence-corrected chi connectivity index (χ0v) is 15.2. The molecule has 0 aliphatic heterocycles. The Morgan fingerprint density at radius 3 is 2.30 bits per heavy atom. The van der Waals surface area contributed by atoms with Crippen LogP contribution in [0, 0.1) is 5.41 Å². The molecule has 0 bridgehead atoms. The van der Waals surface area contributed by atoms with Crippen LogP contribution in [-0.2, 0) is 10.0 Å². The molecule has 0 saturated heterocycles. The molecule has 1 heterocycles. The first-order valence-corrected chi connectivity index (χ1v) is 8.94. The molecule has 5 nitrogen and oxygen atoms in total. The molecule has 114 valence electrons. The molecular weight excluding hydrogens is 366 g/mol. The van der Waals surface area contributed by atoms with E-state index in [2.05, 4.69) is 15.9 Å². The van der Waals surface area contributed by atoms with E-state index in [-0.39, 0.29) is 21.2 Å². The molecule has 20 heavy (non-hydrogen) atoms. The third-order valence-corrected chi connectivity index (χ3v) is 7.49. The van der Waals surface area contributed by atoms with Crippen LogP contribution >= 0.6 is 27.3 Å². The molecule has 1 aromatic heterocycles. The van der Waals surface area contributed by atoms with Gasteiger partial charge in [-0.3, -0.25) is 0 Å². The number of nitrogens with zero attached hydrogens (tertiary/aromatic N) is 1. The smallest absolute Gasteiger partial charge is 0.345 e. The Morgan fingerprint density at radius 1 is 1.45 bits per heavy atom. The first-order valence-electron chi connectivity index (χ1n) is 5.89. The van der Waals surface area contributed by atoms with Crippen molar-refractivity contribution in [1.29, 1.82) is 0 Å². The second-order valence-corrected chi connectivity index (χ2v) is 9.95. The average Bonchev–Trinajstić information content (AvgIpc) is 2.68. The second kappa shape index (κ2) is 5.75. The van der Waals surface area contributed by atoms with Gasteiger partial charge in [-0.25, -0.2) is 13.2 Å². The molecule has 0 aliphatic carbocycles. The third-order valence-electron chi connectivity index (χ3n) is 3.32. The van der Waals surface area contributed by atoms with Gasteiger partial charge >= 0.3 is 5.97 Å². The number of halogens is 1. The summed E-state index contributed by atoms with van der Waals surface area (Å²) in [6.07, 6.45) is 0. The normalized spacial score (nSPS) is 14.6. The van der Waals surface area contributed by atoms with Gasteiger partial charge in [0.15, 0.2) is 0 Å². The number of carboxylic acid groups (broad SMARTS) is 1. The van der Waals surface area contributed by atoms with Crippen LogP contribution in [0.25, 0.3) is 0 Å². The zero-order chi connectivity index (χ0) is 15.9. The van der Waals surface area contributed by atoms with E-state index in [0.29, 0.717) is 3.79 Å². The van der Waals surface area contributed by atoms with Gasteiger partial charge in [-0.2, -0.15) is 4.31 Å². The number of carboxylic acids is 1. The highest BCUT2D eigenvalue weighted by atomic mass is 79.9. The first kappa shape index (κ1) is 17.6. The maximum atomic E-state index is 12.6. The Labute approximate surface area is 131 Å². The fraction of sp³-hybridized carbons (Fsp3) is 0.583. The Hall–Kier alpha value is -0.440. The van der Waals surface area contributed by atoms with Gasteiger partial charge in [0.2, 0.25) is 10.0 Å². The van der Waals surface area contributed by atoms with Crippen molar-refractivity contribution in [1.82, 2.24) is 4.31 Å². The Bertz CT molecular complexity index is 616. The lowest BCUT2D eigenvalue weighted by molar-refractivity contribution is 0.0702. The summed E-state index contributed by atoms with van der Waals surface area (Å²) < 4.78 is 26.8. The molecular formula is C12H18BrNO4S2. The summed E-state index contributed by atoms with van der Waals surface area (Å²) >= 11 is 4.04. The molecule has 1 unspecified atom stereocenters. The van der Waals surface area contributed by atoms with Crippen LogP contribution < -0.4 is 0 Å². The van der Waals surface area contributed by atoms with Crippen LogP contribution in [0.15, 0.2) is 14.7 Å². The zero-order valence-electron chi connectivity index (χ0n) is 12.0. The van der Waals surface area contributed by atoms with Crippen LogP contribution in [0.1, 0.15) is 37.4 Å². The van der Waals surface area contributed by atoms with Gasteiger partial charge in [0.05, 0.1) is 3.79 Å². The lowest BCUT2D eigenvalue weighted by Crippen LogP contribution is -2.42. The highest BCUT2D eigenvalue weighted by Crippen LogP contribution is 2.35. The van der Waals surface area contributed by atoms with Crippen molar-refractivity contribution in [2.75, 3.05) is 7.05 Å². The summed E-state index contributed by atoms with van der Waals surface area (Å²) in [5, 5.41) is 8.95. The number of rotatable bonds is 4. The quantitative estimate of drug-likeness (QED) is 0.865. The number of thiophene rings is 1. The SMILES string of the molecule is CC(N(C)S(=O)(=O)c1cc(C(=O)O)sc1Br)C(C)(C)C. The molecule has 0 radical (unpaired) electrons. The number of carbonyl (C=O) groups is 1. The molecule has 0 aromatic carbocycles. The predicted octanol–water partition coefficient (Wildman–Crippen LogP) is 3.26. The van der Waals surface area contributed by atoms with Gasteiger partial charge in [-0.1, -0.05) is 20.8 Å². The fourth-order valence-corrected chi connectivity index (χ4v) is 5.44. The van der Waals surface area contributed by atoms with Gasteiger partial charge in [-0.15, -0.1) is 11.3 Å². The van der Waals surface area contributed by atoms with Crippen molar-refractivity contribution in [3.05, 3.63) is 14.7 Å². The van der Waals surface area contributed by atoms with E-state index in [1.807, 2.05) is 27.7 Å². The third kappa shape index (κ3) is 3.41. The molecule has 1 aromatic rings. The molecule has 8 heteroatoms. The largest absolute Gasteiger partial charge is 0.477 e. The van der Waals surface area contributed by atoms with Crippen LogP contribution in [0.3, 0.4) is 0 Å². The highest BCUT2D eigenvalue weighted by molar-refractivity contribution is 9.11. The minimum atomic E-state index is -3.73. The topological polar surface area (TPSA) is 74.7 Å². The minimum Gasteiger partial charge on any atom is -0.477 e. The van der Waals surface area contributed by atoms with Crippen molar-refractivity contribution in [2.45, 2.75) is 38.6 Å². The number of aromatic carboxylic acids is 1. The van der Waals surface area contributed by atoms with Crippen molar-refractivity contribution >= 4 is 43.3 Å². The van der Waals surface area contributed by atoms with E-state index in [1.165, 1.54) is 17.4 Å². The lowest BCUT2D eigenvalue weighted by Gasteiger charge is -2.34. The molecule has 1 rings (SSSR count). The standard InChI is InChI=1S/C12H18BrNO4S2/c1-7(12(2,3)4)14(5)20(17,18)9-6-8(11(15)16)19-10(9)13/h6-7H,1-5H3,(H,15,16). The van der Waals surface area contributed by atoms with Crippen LogP contribution in [-0.4, -0.2) is 36.9 Å². The van der Waals surface area contributed by atoms with E-state index in [1.54, 1.807) is 0 Å². The van der Waals surface area contributed by atoms with Crippen LogP contribution in [0.2, 0.25) is 0 Å². The summed E-state index contributed by atoms with van der Waals surface area (Å²) in [4.78, 5) is 10.9. The number of sulfonamides is 1. The minimum absolute atomic E-state index is 0.00139. The van der Waals surface area contributed by atoms with Gasteiger partial charge in [0, 0.05) is 13.1 Å². The Morgan fingerprint density at radius 2 is 1.95 bits per heavy atom. The number of hydrogen-bond donors (Lipinski definition) is 1. The summed E-state index contributed by atoms with van der Waals surface area (Å²) in [7, 11) is -2.22. The monoisotopic (exact) mass is 383 g/mol. The molecule has 0 spiro atoms. The molecule has 1 N–H and O–H groups in total. The maximum Gasteiger partial charge on any atom is 0.345 e. The maximum absolute atomic E-state index is 12.6. The van der Waals surface area contributed by atoms with Gasteiger partial charge in [-0.05, 0) is 34.3 Å². The van der Waals surface area contributed by atoms with Gasteiger partial charge in [0.25, 0.3) is 0 Å². The van der Waals surface area contributed by atoms with Crippen molar-refractivity contribution in [2.24, 2.45) is 5.41 Å². The van der Waals surface area contributed by atoms with E-state index in [4.69, 9.17) is 5.11 Å². The van der Waals surface area contributed by atoms with Crippen LogP contribution in [0.4, 0.5) is 0 Å². The lowest BCUT2D eigenvalue weighted by atomic mass is 9.88. The summed E-state index contributed by atoms with van der Waals surface area (Å²) in [6.45, 7) is 7.69. The number of hydrogen-bond acceptors (Lipinski definition) is 4. The molecule has 1 atom stereocenters. The molecule has 0 fully saturated rings.